The van der Waals surface area contributed by atoms with Gasteiger partial charge in [-0.2, -0.15) is 5.26 Å². The summed E-state index contributed by atoms with van der Waals surface area (Å²) in [4.78, 5) is 32.0. The molecule has 1 aromatic heterocycles. The van der Waals surface area contributed by atoms with E-state index in [-0.39, 0.29) is 6.61 Å². The highest BCUT2D eigenvalue weighted by Crippen LogP contribution is 2.23. The lowest BCUT2D eigenvalue weighted by Crippen LogP contribution is -2.43. The number of amides is 2. The topological polar surface area (TPSA) is 120 Å². The number of carbonyl (C=O) groups is 2. The van der Waals surface area contributed by atoms with Gasteiger partial charge in [-0.25, -0.2) is 4.98 Å². The summed E-state index contributed by atoms with van der Waals surface area (Å²) in [5.74, 6) is 0.210. The van der Waals surface area contributed by atoms with E-state index in [2.05, 4.69) is 20.8 Å². The number of ether oxygens (including phenoxy) is 1. The van der Waals surface area contributed by atoms with E-state index in [0.717, 1.165) is 21.8 Å². The van der Waals surface area contributed by atoms with E-state index in [4.69, 9.17) is 10.00 Å². The molecule has 2 amide bonds. The van der Waals surface area contributed by atoms with E-state index in [0.29, 0.717) is 22.6 Å². The Balaban J connectivity index is 1.22. The summed E-state index contributed by atoms with van der Waals surface area (Å²) in [6.07, 6.45) is 0. The highest BCUT2D eigenvalue weighted by atomic mass is 32.2. The van der Waals surface area contributed by atoms with Crippen molar-refractivity contribution in [1.29, 1.82) is 5.26 Å². The smallest absolute Gasteiger partial charge is 0.276 e. The molecule has 0 unspecified atom stereocenters. The van der Waals surface area contributed by atoms with Crippen LogP contribution in [0.5, 0.6) is 5.75 Å². The lowest BCUT2D eigenvalue weighted by Gasteiger charge is -2.09. The molecule has 0 bridgehead atoms. The number of hydrazine groups is 1. The Labute approximate surface area is 194 Å². The molecule has 4 rings (SSSR count). The summed E-state index contributed by atoms with van der Waals surface area (Å²) >= 11 is 1.58. The number of thioether (sulfide) groups is 1. The van der Waals surface area contributed by atoms with Crippen molar-refractivity contribution in [3.05, 3.63) is 89.5 Å². The Morgan fingerprint density at radius 3 is 2.48 bits per heavy atom. The number of aromatic nitrogens is 2. The molecule has 0 fully saturated rings. The number of benzene rings is 3. The first-order valence-corrected chi connectivity index (χ1v) is 11.0. The van der Waals surface area contributed by atoms with Gasteiger partial charge < -0.3 is 9.72 Å². The maximum Gasteiger partial charge on any atom is 0.276 e. The van der Waals surface area contributed by atoms with Crippen LogP contribution in [0.25, 0.3) is 11.0 Å². The predicted molar refractivity (Wildman–Crippen MR) is 124 cm³/mol. The quantitative estimate of drug-likeness (QED) is 0.288. The zero-order chi connectivity index (χ0) is 23.0. The third-order valence-electron chi connectivity index (χ3n) is 4.63. The number of rotatable bonds is 7. The lowest BCUT2D eigenvalue weighted by atomic mass is 10.1. The van der Waals surface area contributed by atoms with Crippen molar-refractivity contribution >= 4 is 34.6 Å². The Morgan fingerprint density at radius 1 is 1.00 bits per heavy atom. The Morgan fingerprint density at radius 2 is 1.76 bits per heavy atom. The van der Waals surface area contributed by atoms with Crippen molar-refractivity contribution < 1.29 is 14.3 Å². The number of fused-ring (bicyclic) bond motifs is 1. The normalized spacial score (nSPS) is 10.4. The molecule has 3 aromatic carbocycles. The van der Waals surface area contributed by atoms with Crippen LogP contribution in [0.1, 0.15) is 21.5 Å². The second-order valence-electron chi connectivity index (χ2n) is 6.97. The van der Waals surface area contributed by atoms with Gasteiger partial charge in [0.05, 0.1) is 22.7 Å². The minimum atomic E-state index is -0.508. The van der Waals surface area contributed by atoms with Crippen LogP contribution in [0.15, 0.2) is 78.0 Å². The van der Waals surface area contributed by atoms with E-state index < -0.39 is 11.8 Å². The van der Waals surface area contributed by atoms with E-state index in [1.807, 2.05) is 42.5 Å². The first kappa shape index (κ1) is 21.9. The van der Waals surface area contributed by atoms with E-state index in [9.17, 15) is 9.59 Å². The molecule has 0 atom stereocenters. The van der Waals surface area contributed by atoms with Crippen LogP contribution in [0.4, 0.5) is 0 Å². The second-order valence-corrected chi connectivity index (χ2v) is 7.94. The number of hydrogen-bond acceptors (Lipinski definition) is 6. The Bertz CT molecular complexity index is 1280. The van der Waals surface area contributed by atoms with E-state index in [1.165, 1.54) is 0 Å². The summed E-state index contributed by atoms with van der Waals surface area (Å²) in [5, 5.41) is 9.61. The van der Waals surface area contributed by atoms with Gasteiger partial charge in [0.25, 0.3) is 11.8 Å². The molecule has 0 aliphatic rings. The molecular weight excluding hydrogens is 438 g/mol. The zero-order valence-corrected chi connectivity index (χ0v) is 18.2. The van der Waals surface area contributed by atoms with E-state index in [1.54, 1.807) is 48.2 Å². The molecule has 0 saturated carbocycles. The van der Waals surface area contributed by atoms with Gasteiger partial charge in [-0.1, -0.05) is 36.0 Å². The highest BCUT2D eigenvalue weighted by Gasteiger charge is 2.09. The van der Waals surface area contributed by atoms with E-state index >= 15 is 0 Å². The molecule has 164 valence electrons. The van der Waals surface area contributed by atoms with Gasteiger partial charge in [0, 0.05) is 11.3 Å². The van der Waals surface area contributed by atoms with Crippen molar-refractivity contribution in [1.82, 2.24) is 20.8 Å². The number of nitrogens with zero attached hydrogens (tertiary/aromatic N) is 2. The predicted octanol–water partition coefficient (Wildman–Crippen LogP) is 3.57. The summed E-state index contributed by atoms with van der Waals surface area (Å²) in [7, 11) is 0. The van der Waals surface area contributed by atoms with Crippen LogP contribution in [-0.4, -0.2) is 28.4 Å². The summed E-state index contributed by atoms with van der Waals surface area (Å²) in [6, 6.07) is 23.4. The summed E-state index contributed by atoms with van der Waals surface area (Å²) < 4.78 is 5.32. The Kier molecular flexibility index (Phi) is 6.87. The van der Waals surface area contributed by atoms with Gasteiger partial charge in [0.2, 0.25) is 0 Å². The van der Waals surface area contributed by atoms with Gasteiger partial charge in [-0.05, 0) is 54.1 Å². The largest absolute Gasteiger partial charge is 0.484 e. The van der Waals surface area contributed by atoms with Crippen LogP contribution >= 0.6 is 11.8 Å². The highest BCUT2D eigenvalue weighted by molar-refractivity contribution is 7.98. The molecule has 3 N–H and O–H groups in total. The van der Waals surface area contributed by atoms with Crippen molar-refractivity contribution in [3.63, 3.8) is 0 Å². The van der Waals surface area contributed by atoms with Crippen LogP contribution in [0, 0.1) is 11.3 Å². The molecular formula is C24H19N5O3S. The van der Waals surface area contributed by atoms with Crippen LogP contribution in [-0.2, 0) is 10.5 Å². The van der Waals surface area contributed by atoms with Crippen molar-refractivity contribution in [2.45, 2.75) is 10.9 Å². The number of para-hydroxylation sites is 2. The minimum Gasteiger partial charge on any atom is -0.484 e. The second kappa shape index (κ2) is 10.3. The fraction of sp³-hybridized carbons (Fsp3) is 0.0833. The number of nitriles is 1. The van der Waals surface area contributed by atoms with Crippen LogP contribution in [0.2, 0.25) is 0 Å². The zero-order valence-electron chi connectivity index (χ0n) is 17.4. The molecule has 33 heavy (non-hydrogen) atoms. The number of aromatic amines is 1. The molecule has 8 nitrogen and oxygen atoms in total. The van der Waals surface area contributed by atoms with Crippen molar-refractivity contribution in [3.8, 4) is 11.8 Å². The number of carbonyl (C=O) groups excluding carboxylic acids is 2. The van der Waals surface area contributed by atoms with Gasteiger partial charge in [0.15, 0.2) is 11.8 Å². The van der Waals surface area contributed by atoms with Gasteiger partial charge in [-0.3, -0.25) is 20.4 Å². The van der Waals surface area contributed by atoms with Crippen molar-refractivity contribution in [2.75, 3.05) is 6.61 Å². The maximum atomic E-state index is 12.3. The van der Waals surface area contributed by atoms with Crippen LogP contribution < -0.4 is 15.6 Å². The molecule has 0 radical (unpaired) electrons. The average molecular weight is 458 g/mol. The number of H-pyrrole nitrogens is 1. The third kappa shape index (κ3) is 5.90. The molecule has 0 saturated heterocycles. The lowest BCUT2D eigenvalue weighted by molar-refractivity contribution is -0.123. The monoisotopic (exact) mass is 457 g/mol. The molecule has 0 spiro atoms. The Hall–Kier alpha value is -4.29. The minimum absolute atomic E-state index is 0.274. The summed E-state index contributed by atoms with van der Waals surface area (Å²) in [6.45, 7) is -0.274. The maximum absolute atomic E-state index is 12.3. The van der Waals surface area contributed by atoms with Crippen LogP contribution in [0.3, 0.4) is 0 Å². The number of nitrogens with one attached hydrogen (secondary N) is 3. The standard InChI is InChI=1S/C24H19N5O3S/c25-13-16-7-11-19(12-8-16)32-14-22(30)28-29-23(31)18-9-5-17(6-10-18)15-33-24-26-20-3-1-2-4-21(20)27-24/h1-12H,14-15H2,(H,26,27)(H,28,30)(H,29,31). The molecule has 4 aromatic rings. The molecule has 9 heteroatoms. The molecule has 0 aliphatic heterocycles. The fourth-order valence-electron chi connectivity index (χ4n) is 2.91. The van der Waals surface area contributed by atoms with Gasteiger partial charge in [-0.15, -0.1) is 0 Å². The van der Waals surface area contributed by atoms with Crippen molar-refractivity contribution in [2.24, 2.45) is 0 Å². The van der Waals surface area contributed by atoms with Gasteiger partial charge >= 0.3 is 0 Å². The first-order valence-electron chi connectivity index (χ1n) is 9.99. The number of imidazole rings is 1. The number of hydrogen-bond donors (Lipinski definition) is 3. The SMILES string of the molecule is N#Cc1ccc(OCC(=O)NNC(=O)c2ccc(CSc3nc4ccccc4[nH]3)cc2)cc1. The molecule has 0 aliphatic carbocycles. The summed E-state index contributed by atoms with van der Waals surface area (Å²) in [5.41, 5.74) is 8.56. The van der Waals surface area contributed by atoms with Gasteiger partial charge in [0.1, 0.15) is 5.75 Å². The first-order chi connectivity index (χ1) is 16.1. The molecule has 1 heterocycles. The fourth-order valence-corrected chi connectivity index (χ4v) is 3.75. The average Bonchev–Trinajstić information content (AvgIpc) is 3.28. The third-order valence-corrected chi connectivity index (χ3v) is 5.57.